The van der Waals surface area contributed by atoms with Gasteiger partial charge in [-0.3, -0.25) is 4.79 Å². The lowest BCUT2D eigenvalue weighted by atomic mass is 10.1. The van der Waals surface area contributed by atoms with Crippen LogP contribution in [0.5, 0.6) is 0 Å². The van der Waals surface area contributed by atoms with Gasteiger partial charge < -0.3 is 14.6 Å². The molecule has 1 amide bonds. The Labute approximate surface area is 106 Å². The van der Waals surface area contributed by atoms with Gasteiger partial charge in [-0.05, 0) is 13.3 Å². The predicted molar refractivity (Wildman–Crippen MR) is 66.0 cm³/mol. The predicted octanol–water partition coefficient (Wildman–Crippen LogP) is 1.29. The Morgan fingerprint density at radius 1 is 1.50 bits per heavy atom. The lowest BCUT2D eigenvalue weighted by Gasteiger charge is -2.28. The molecule has 1 atom stereocenters. The van der Waals surface area contributed by atoms with Gasteiger partial charge in [-0.15, -0.1) is 0 Å². The van der Waals surface area contributed by atoms with Crippen LogP contribution in [-0.2, 0) is 16.1 Å². The maximum Gasteiger partial charge on any atom is 0.332 e. The summed E-state index contributed by atoms with van der Waals surface area (Å²) >= 11 is 0. The SMILES string of the molecule is CCCN(C(C)=O)C(C(=O)O)c1cncn1CC. The molecule has 0 aliphatic rings. The van der Waals surface area contributed by atoms with Gasteiger partial charge in [-0.25, -0.2) is 9.78 Å². The van der Waals surface area contributed by atoms with Gasteiger partial charge in [0.1, 0.15) is 0 Å². The van der Waals surface area contributed by atoms with Crippen molar-refractivity contribution in [2.45, 2.75) is 39.8 Å². The van der Waals surface area contributed by atoms with Crippen LogP contribution in [0.25, 0.3) is 0 Å². The van der Waals surface area contributed by atoms with Crippen molar-refractivity contribution in [3.8, 4) is 0 Å². The second-order valence-corrected chi connectivity index (χ2v) is 4.06. The molecule has 0 aliphatic carbocycles. The number of nitrogens with zero attached hydrogens (tertiary/aromatic N) is 3. The van der Waals surface area contributed by atoms with Crippen LogP contribution in [0.1, 0.15) is 38.9 Å². The number of hydrogen-bond donors (Lipinski definition) is 1. The topological polar surface area (TPSA) is 75.4 Å². The van der Waals surface area contributed by atoms with E-state index in [0.717, 1.165) is 0 Å². The number of aliphatic carboxylic acids is 1. The van der Waals surface area contributed by atoms with Crippen LogP contribution in [0.3, 0.4) is 0 Å². The van der Waals surface area contributed by atoms with Crippen LogP contribution < -0.4 is 0 Å². The molecule has 0 aliphatic heterocycles. The van der Waals surface area contributed by atoms with Crippen molar-refractivity contribution in [1.29, 1.82) is 0 Å². The normalized spacial score (nSPS) is 12.2. The van der Waals surface area contributed by atoms with Crippen molar-refractivity contribution in [2.24, 2.45) is 0 Å². The van der Waals surface area contributed by atoms with E-state index in [-0.39, 0.29) is 5.91 Å². The van der Waals surface area contributed by atoms with E-state index in [1.54, 1.807) is 10.9 Å². The van der Waals surface area contributed by atoms with Gasteiger partial charge in [0.15, 0.2) is 6.04 Å². The summed E-state index contributed by atoms with van der Waals surface area (Å²) in [4.78, 5) is 28.4. The first-order valence-electron chi connectivity index (χ1n) is 6.02. The van der Waals surface area contributed by atoms with Crippen LogP contribution in [0, 0.1) is 0 Å². The van der Waals surface area contributed by atoms with Crippen molar-refractivity contribution >= 4 is 11.9 Å². The number of amides is 1. The van der Waals surface area contributed by atoms with Crippen LogP contribution in [0.4, 0.5) is 0 Å². The number of carboxylic acid groups (broad SMARTS) is 1. The summed E-state index contributed by atoms with van der Waals surface area (Å²) in [6.07, 6.45) is 3.80. The Morgan fingerprint density at radius 2 is 2.17 bits per heavy atom. The molecule has 0 bridgehead atoms. The highest BCUT2D eigenvalue weighted by molar-refractivity contribution is 5.83. The van der Waals surface area contributed by atoms with Crippen LogP contribution >= 0.6 is 0 Å². The Balaban J connectivity index is 3.16. The zero-order valence-electron chi connectivity index (χ0n) is 11.0. The number of aryl methyl sites for hydroxylation is 1. The molecule has 1 aromatic rings. The molecule has 0 saturated carbocycles. The van der Waals surface area contributed by atoms with E-state index in [1.165, 1.54) is 18.0 Å². The fraction of sp³-hybridized carbons (Fsp3) is 0.583. The fourth-order valence-electron chi connectivity index (χ4n) is 1.95. The smallest absolute Gasteiger partial charge is 0.332 e. The number of hydrogen-bond acceptors (Lipinski definition) is 3. The summed E-state index contributed by atoms with van der Waals surface area (Å²) in [7, 11) is 0. The molecule has 1 heterocycles. The number of carbonyl (C=O) groups is 2. The second-order valence-electron chi connectivity index (χ2n) is 4.06. The second kappa shape index (κ2) is 6.18. The van der Waals surface area contributed by atoms with Gasteiger partial charge in [-0.2, -0.15) is 0 Å². The fourth-order valence-corrected chi connectivity index (χ4v) is 1.95. The molecular weight excluding hydrogens is 234 g/mol. The number of rotatable bonds is 6. The summed E-state index contributed by atoms with van der Waals surface area (Å²) in [6.45, 7) is 6.24. The molecule has 100 valence electrons. The maximum atomic E-state index is 11.6. The quantitative estimate of drug-likeness (QED) is 0.828. The molecule has 1 N–H and O–H groups in total. The standard InChI is InChI=1S/C12H19N3O3/c1-4-6-15(9(3)16)11(12(17)18)10-7-13-8-14(10)5-2/h7-8,11H,4-6H2,1-3H3,(H,17,18). The Morgan fingerprint density at radius 3 is 2.61 bits per heavy atom. The molecule has 0 saturated heterocycles. The zero-order valence-corrected chi connectivity index (χ0v) is 11.0. The molecule has 1 aromatic heterocycles. The van der Waals surface area contributed by atoms with Crippen LogP contribution in [-0.4, -0.2) is 38.0 Å². The molecule has 6 heteroatoms. The van der Waals surface area contributed by atoms with Crippen molar-refractivity contribution in [1.82, 2.24) is 14.5 Å². The Bertz CT molecular complexity index is 428. The summed E-state index contributed by atoms with van der Waals surface area (Å²) in [5, 5.41) is 9.38. The Kier molecular flexibility index (Phi) is 4.88. The van der Waals surface area contributed by atoms with Crippen molar-refractivity contribution < 1.29 is 14.7 Å². The van der Waals surface area contributed by atoms with Gasteiger partial charge in [0.05, 0.1) is 18.2 Å². The van der Waals surface area contributed by atoms with Crippen molar-refractivity contribution in [2.75, 3.05) is 6.54 Å². The summed E-state index contributed by atoms with van der Waals surface area (Å²) in [5.41, 5.74) is 0.536. The summed E-state index contributed by atoms with van der Waals surface area (Å²) < 4.78 is 1.74. The Hall–Kier alpha value is -1.85. The third-order valence-electron chi connectivity index (χ3n) is 2.78. The van der Waals surface area contributed by atoms with E-state index in [4.69, 9.17) is 0 Å². The number of carbonyl (C=O) groups excluding carboxylic acids is 1. The highest BCUT2D eigenvalue weighted by Crippen LogP contribution is 2.21. The van der Waals surface area contributed by atoms with E-state index in [2.05, 4.69) is 4.98 Å². The lowest BCUT2D eigenvalue weighted by Crippen LogP contribution is -2.39. The van der Waals surface area contributed by atoms with E-state index in [9.17, 15) is 14.7 Å². The highest BCUT2D eigenvalue weighted by atomic mass is 16.4. The number of carboxylic acids is 1. The van der Waals surface area contributed by atoms with Crippen LogP contribution in [0.2, 0.25) is 0 Å². The number of aromatic nitrogens is 2. The highest BCUT2D eigenvalue weighted by Gasteiger charge is 2.31. The van der Waals surface area contributed by atoms with E-state index in [1.807, 2.05) is 13.8 Å². The van der Waals surface area contributed by atoms with Gasteiger partial charge in [0.25, 0.3) is 0 Å². The summed E-state index contributed by atoms with van der Waals surface area (Å²) in [6, 6.07) is -0.968. The number of imidazole rings is 1. The van der Waals surface area contributed by atoms with Crippen molar-refractivity contribution in [3.05, 3.63) is 18.2 Å². The van der Waals surface area contributed by atoms with Gasteiger partial charge in [0.2, 0.25) is 5.91 Å². The first-order chi connectivity index (χ1) is 8.52. The zero-order chi connectivity index (χ0) is 13.7. The molecule has 0 fully saturated rings. The molecule has 18 heavy (non-hydrogen) atoms. The minimum Gasteiger partial charge on any atom is -0.479 e. The first kappa shape index (κ1) is 14.2. The third-order valence-corrected chi connectivity index (χ3v) is 2.78. The third kappa shape index (κ3) is 2.88. The van der Waals surface area contributed by atoms with Gasteiger partial charge >= 0.3 is 5.97 Å². The molecule has 1 unspecified atom stereocenters. The molecule has 0 spiro atoms. The van der Waals surface area contributed by atoms with Crippen LogP contribution in [0.15, 0.2) is 12.5 Å². The minimum absolute atomic E-state index is 0.242. The minimum atomic E-state index is -1.03. The maximum absolute atomic E-state index is 11.6. The molecule has 0 aromatic carbocycles. The molecule has 0 radical (unpaired) electrons. The van der Waals surface area contributed by atoms with Gasteiger partial charge in [0, 0.05) is 20.0 Å². The molecule has 6 nitrogen and oxygen atoms in total. The largest absolute Gasteiger partial charge is 0.479 e. The molecule has 1 rings (SSSR count). The lowest BCUT2D eigenvalue weighted by molar-refractivity contribution is -0.150. The van der Waals surface area contributed by atoms with E-state index >= 15 is 0 Å². The molecular formula is C12H19N3O3. The van der Waals surface area contributed by atoms with Crippen molar-refractivity contribution in [3.63, 3.8) is 0 Å². The van der Waals surface area contributed by atoms with Gasteiger partial charge in [-0.1, -0.05) is 6.92 Å². The first-order valence-corrected chi connectivity index (χ1v) is 6.02. The average Bonchev–Trinajstić information content (AvgIpc) is 2.75. The average molecular weight is 253 g/mol. The monoisotopic (exact) mass is 253 g/mol. The van der Waals surface area contributed by atoms with E-state index < -0.39 is 12.0 Å². The van der Waals surface area contributed by atoms with E-state index in [0.29, 0.717) is 25.2 Å². The summed E-state index contributed by atoms with van der Waals surface area (Å²) in [5.74, 6) is -1.28.